The Kier molecular flexibility index (Phi) is 6.10. The normalized spacial score (nSPS) is 11.2. The van der Waals surface area contributed by atoms with Crippen LogP contribution >= 0.6 is 11.3 Å². The third-order valence-electron chi connectivity index (χ3n) is 3.57. The summed E-state index contributed by atoms with van der Waals surface area (Å²) >= 11 is 1.17. The summed E-state index contributed by atoms with van der Waals surface area (Å²) in [7, 11) is 3.35. The number of nitro benzene ring substituents is 1. The van der Waals surface area contributed by atoms with Crippen LogP contribution in [0.2, 0.25) is 0 Å². The molecule has 140 valence electrons. The summed E-state index contributed by atoms with van der Waals surface area (Å²) < 4.78 is 5.17. The Morgan fingerprint density at radius 3 is 2.67 bits per heavy atom. The van der Waals surface area contributed by atoms with Gasteiger partial charge in [0.2, 0.25) is 0 Å². The lowest BCUT2D eigenvalue weighted by atomic mass is 10.1. The summed E-state index contributed by atoms with van der Waals surface area (Å²) in [5, 5.41) is 24.5. The highest BCUT2D eigenvalue weighted by Gasteiger charge is 2.24. The molecule has 0 radical (unpaired) electrons. The lowest BCUT2D eigenvalue weighted by molar-refractivity contribution is -0.384. The average molecular weight is 388 g/mol. The van der Waals surface area contributed by atoms with Crippen molar-refractivity contribution < 1.29 is 19.2 Å². The molecule has 2 rings (SSSR count). The van der Waals surface area contributed by atoms with E-state index in [2.05, 4.69) is 5.32 Å². The van der Waals surface area contributed by atoms with Gasteiger partial charge in [0.25, 0.3) is 11.6 Å². The maximum absolute atomic E-state index is 12.5. The Morgan fingerprint density at radius 1 is 1.37 bits per heavy atom. The third-order valence-corrected chi connectivity index (χ3v) is 4.40. The summed E-state index contributed by atoms with van der Waals surface area (Å²) in [6, 6.07) is 7.32. The van der Waals surface area contributed by atoms with Crippen LogP contribution in [0.5, 0.6) is 0 Å². The minimum Gasteiger partial charge on any atom is -0.449 e. The molecular formula is C17H16N4O5S. The van der Waals surface area contributed by atoms with E-state index in [1.165, 1.54) is 30.4 Å². The minimum atomic E-state index is -1.17. The van der Waals surface area contributed by atoms with Gasteiger partial charge in [-0.25, -0.2) is 4.79 Å². The molecule has 0 fully saturated rings. The first kappa shape index (κ1) is 19.9. The molecule has 0 unspecified atom stereocenters. The van der Waals surface area contributed by atoms with Crippen molar-refractivity contribution in [1.29, 1.82) is 5.26 Å². The first-order valence-corrected chi connectivity index (χ1v) is 8.57. The summed E-state index contributed by atoms with van der Waals surface area (Å²) in [5.41, 5.74) is 0.438. The van der Waals surface area contributed by atoms with Crippen LogP contribution in [0.3, 0.4) is 0 Å². The lowest BCUT2D eigenvalue weighted by Gasteiger charge is -2.18. The number of nitrogens with one attached hydrogen (secondary N) is 1. The molecule has 1 atom stereocenters. The van der Waals surface area contributed by atoms with Crippen molar-refractivity contribution in [2.45, 2.75) is 13.0 Å². The molecule has 1 aromatic carbocycles. The van der Waals surface area contributed by atoms with E-state index in [-0.39, 0.29) is 11.3 Å². The molecule has 1 N–H and O–H groups in total. The van der Waals surface area contributed by atoms with Crippen molar-refractivity contribution >= 4 is 39.6 Å². The van der Waals surface area contributed by atoms with Gasteiger partial charge in [0, 0.05) is 26.2 Å². The zero-order valence-electron chi connectivity index (χ0n) is 14.8. The smallest absolute Gasteiger partial charge is 0.341 e. The molecule has 0 aliphatic heterocycles. The Bertz CT molecular complexity index is 932. The number of nitrogens with zero attached hydrogens (tertiary/aromatic N) is 3. The van der Waals surface area contributed by atoms with Crippen molar-refractivity contribution in [2.24, 2.45) is 0 Å². The number of esters is 1. The fourth-order valence-corrected chi connectivity index (χ4v) is 2.92. The summed E-state index contributed by atoms with van der Waals surface area (Å²) in [6.45, 7) is 1.37. The van der Waals surface area contributed by atoms with E-state index >= 15 is 0 Å². The molecule has 0 saturated carbocycles. The first-order chi connectivity index (χ1) is 12.7. The predicted octanol–water partition coefficient (Wildman–Crippen LogP) is 2.78. The van der Waals surface area contributed by atoms with Crippen LogP contribution in [-0.4, -0.2) is 37.0 Å². The van der Waals surface area contributed by atoms with Gasteiger partial charge < -0.3 is 15.0 Å². The molecular weight excluding hydrogens is 372 g/mol. The van der Waals surface area contributed by atoms with Crippen LogP contribution < -0.4 is 10.2 Å². The van der Waals surface area contributed by atoms with Gasteiger partial charge in [-0.1, -0.05) is 0 Å². The molecule has 2 aromatic rings. The second-order valence-corrected chi connectivity index (χ2v) is 6.58. The number of anilines is 2. The van der Waals surface area contributed by atoms with E-state index in [1.54, 1.807) is 30.4 Å². The minimum absolute atomic E-state index is 0.0253. The molecule has 27 heavy (non-hydrogen) atoms. The molecule has 0 bridgehead atoms. The summed E-state index contributed by atoms with van der Waals surface area (Å²) in [5.74, 6) is -1.48. The van der Waals surface area contributed by atoms with Crippen LogP contribution in [0.15, 0.2) is 29.6 Å². The number of nitro groups is 1. The van der Waals surface area contributed by atoms with E-state index in [4.69, 9.17) is 10.00 Å². The Morgan fingerprint density at radius 2 is 2.07 bits per heavy atom. The van der Waals surface area contributed by atoms with E-state index in [0.29, 0.717) is 16.3 Å². The number of carbonyl (C=O) groups is 2. The number of hydrogen-bond acceptors (Lipinski definition) is 8. The van der Waals surface area contributed by atoms with Gasteiger partial charge in [0.05, 0.1) is 21.7 Å². The molecule has 1 amide bonds. The highest BCUT2D eigenvalue weighted by Crippen LogP contribution is 2.26. The number of non-ortho nitro benzene ring substituents is 1. The van der Waals surface area contributed by atoms with Gasteiger partial charge in [-0.05, 0) is 24.4 Å². The predicted molar refractivity (Wildman–Crippen MR) is 100.0 cm³/mol. The van der Waals surface area contributed by atoms with Crippen molar-refractivity contribution in [1.82, 2.24) is 0 Å². The van der Waals surface area contributed by atoms with Gasteiger partial charge in [0.15, 0.2) is 6.10 Å². The van der Waals surface area contributed by atoms with Gasteiger partial charge in [-0.15, -0.1) is 11.3 Å². The topological polar surface area (TPSA) is 126 Å². The van der Waals surface area contributed by atoms with Crippen LogP contribution in [0.25, 0.3) is 0 Å². The van der Waals surface area contributed by atoms with Gasteiger partial charge >= 0.3 is 5.97 Å². The molecule has 0 saturated heterocycles. The van der Waals surface area contributed by atoms with Crippen molar-refractivity contribution in [3.8, 4) is 6.07 Å². The number of thiophene rings is 1. The fourth-order valence-electron chi connectivity index (χ4n) is 2.18. The summed E-state index contributed by atoms with van der Waals surface area (Å²) in [6.07, 6.45) is -1.17. The van der Waals surface area contributed by atoms with Crippen LogP contribution in [0, 0.1) is 21.4 Å². The largest absolute Gasteiger partial charge is 0.449 e. The standard InChI is InChI=1S/C17H16N4O5S/c1-10(15(22)19-16-11(9-18)6-7-27-16)26-17(23)13-8-12(21(24)25)4-5-14(13)20(2)3/h4-8,10H,1-3H3,(H,19,22)/t10-/m0/s1. The van der Waals surface area contributed by atoms with Gasteiger partial charge in [0.1, 0.15) is 11.1 Å². The number of ether oxygens (including phenoxy) is 1. The second kappa shape index (κ2) is 8.29. The van der Waals surface area contributed by atoms with Crippen molar-refractivity contribution in [2.75, 3.05) is 24.3 Å². The zero-order valence-corrected chi connectivity index (χ0v) is 15.6. The number of rotatable bonds is 6. The van der Waals surface area contributed by atoms with E-state index in [1.807, 2.05) is 6.07 Å². The molecule has 9 nitrogen and oxygen atoms in total. The maximum atomic E-state index is 12.5. The van der Waals surface area contributed by atoms with Crippen LogP contribution in [-0.2, 0) is 9.53 Å². The Hall–Kier alpha value is -3.45. The molecule has 10 heteroatoms. The lowest BCUT2D eigenvalue weighted by Crippen LogP contribution is -2.30. The number of amides is 1. The second-order valence-electron chi connectivity index (χ2n) is 5.66. The van der Waals surface area contributed by atoms with Gasteiger partial charge in [-0.2, -0.15) is 5.26 Å². The van der Waals surface area contributed by atoms with E-state index < -0.39 is 22.9 Å². The Balaban J connectivity index is 2.18. The highest BCUT2D eigenvalue weighted by atomic mass is 32.1. The van der Waals surface area contributed by atoms with Gasteiger partial charge in [-0.3, -0.25) is 14.9 Å². The van der Waals surface area contributed by atoms with Crippen molar-refractivity contribution in [3.05, 3.63) is 50.9 Å². The number of carbonyl (C=O) groups excluding carboxylic acids is 2. The molecule has 0 aliphatic rings. The zero-order chi connectivity index (χ0) is 20.1. The van der Waals surface area contributed by atoms with Crippen LogP contribution in [0.4, 0.5) is 16.4 Å². The maximum Gasteiger partial charge on any atom is 0.341 e. The Labute approximate surface area is 158 Å². The molecule has 0 aliphatic carbocycles. The quantitative estimate of drug-likeness (QED) is 0.458. The van der Waals surface area contributed by atoms with Crippen LogP contribution in [0.1, 0.15) is 22.8 Å². The molecule has 1 heterocycles. The number of benzene rings is 1. The first-order valence-electron chi connectivity index (χ1n) is 7.69. The number of hydrogen-bond donors (Lipinski definition) is 1. The van der Waals surface area contributed by atoms with Crippen molar-refractivity contribution in [3.63, 3.8) is 0 Å². The molecule has 0 spiro atoms. The monoisotopic (exact) mass is 388 g/mol. The average Bonchev–Trinajstić information content (AvgIpc) is 3.07. The summed E-state index contributed by atoms with van der Waals surface area (Å²) in [4.78, 5) is 36.7. The van der Waals surface area contributed by atoms with E-state index in [9.17, 15) is 19.7 Å². The highest BCUT2D eigenvalue weighted by molar-refractivity contribution is 7.14. The third kappa shape index (κ3) is 4.59. The fraction of sp³-hybridized carbons (Fsp3) is 0.235. The van der Waals surface area contributed by atoms with E-state index in [0.717, 1.165) is 6.07 Å². The SMILES string of the molecule is C[C@H](OC(=O)c1cc([N+](=O)[O-])ccc1N(C)C)C(=O)Nc1sccc1C#N. The molecule has 1 aromatic heterocycles. The number of nitriles is 1.